The third-order valence-electron chi connectivity index (χ3n) is 7.86. The van der Waals surface area contributed by atoms with Gasteiger partial charge in [-0.2, -0.15) is 4.39 Å². The van der Waals surface area contributed by atoms with Crippen molar-refractivity contribution in [2.24, 2.45) is 0 Å². The molecule has 0 aliphatic heterocycles. The van der Waals surface area contributed by atoms with Crippen LogP contribution in [-0.2, 0) is 10.2 Å². The first-order chi connectivity index (χ1) is 21.9. The van der Waals surface area contributed by atoms with E-state index in [1.807, 2.05) is 0 Å². The highest BCUT2D eigenvalue weighted by molar-refractivity contribution is 6.89. The summed E-state index contributed by atoms with van der Waals surface area (Å²) in [5, 5.41) is -4.67. The highest BCUT2D eigenvalue weighted by atomic mass is 27.2. The van der Waals surface area contributed by atoms with E-state index in [4.69, 9.17) is 3.79 Å². The summed E-state index contributed by atoms with van der Waals surface area (Å²) < 4.78 is 234. The molecule has 0 N–H and O–H groups in total. The van der Waals surface area contributed by atoms with Crippen LogP contribution in [0.25, 0.3) is 0 Å². The molecule has 0 fully saturated rings. The van der Waals surface area contributed by atoms with E-state index >= 15 is 39.5 Å². The molecule has 0 bridgehead atoms. The molecule has 1 nitrogen and oxygen atoms in total. The summed E-state index contributed by atoms with van der Waals surface area (Å²) in [7, 11) is 0. The zero-order valence-electron chi connectivity index (χ0n) is 23.7. The molecule has 3 aromatic rings. The minimum atomic E-state index is -4.76. The lowest BCUT2D eigenvalue weighted by molar-refractivity contribution is -0.0442. The first-order valence-corrected chi connectivity index (χ1v) is 15.6. The Bertz CT molecular complexity index is 1640. The van der Waals surface area contributed by atoms with Gasteiger partial charge in [-0.3, -0.25) is 0 Å². The van der Waals surface area contributed by atoms with Gasteiger partial charge in [-0.05, 0) is 12.0 Å². The molecule has 0 radical (unpaired) electrons. The van der Waals surface area contributed by atoms with Crippen LogP contribution in [0, 0.1) is 58.2 Å². The molecule has 0 spiro atoms. The molecule has 0 amide bonds. The Hall–Kier alpha value is -3.35. The third kappa shape index (κ3) is 5.55. The fourth-order valence-corrected chi connectivity index (χ4v) is 7.05. The first kappa shape index (κ1) is 36.5. The van der Waals surface area contributed by atoms with Crippen molar-refractivity contribution in [3.05, 3.63) is 117 Å². The lowest BCUT2D eigenvalue weighted by Gasteiger charge is -2.43. The number of hydrogen-bond donors (Lipinski definition) is 0. The Morgan fingerprint density at radius 1 is 0.532 bits per heavy atom. The van der Waals surface area contributed by atoms with Gasteiger partial charge in [0.25, 0.3) is 5.85 Å². The van der Waals surface area contributed by atoms with Crippen LogP contribution in [0.1, 0.15) is 19.4 Å². The monoisotopic (exact) mass is 704 g/mol. The molecule has 3 aromatic carbocycles. The minimum absolute atomic E-state index is 0.0984. The summed E-state index contributed by atoms with van der Waals surface area (Å²) in [5.41, 5.74) is -5.90. The van der Waals surface area contributed by atoms with Crippen molar-refractivity contribution in [3.8, 4) is 0 Å². The second-order valence-corrected chi connectivity index (χ2v) is 13.6. The molecule has 4 rings (SSSR count). The van der Waals surface area contributed by atoms with Crippen molar-refractivity contribution >= 4 is 32.1 Å². The van der Waals surface area contributed by atoms with Crippen molar-refractivity contribution < 1.29 is 69.6 Å². The van der Waals surface area contributed by atoms with Gasteiger partial charge < -0.3 is 3.79 Å². The Morgan fingerprint density at radius 3 is 1.21 bits per heavy atom. The van der Waals surface area contributed by atoms with Gasteiger partial charge in [-0.15, -0.1) is 0 Å². The van der Waals surface area contributed by atoms with Gasteiger partial charge in [-0.25, -0.2) is 61.5 Å². The van der Waals surface area contributed by atoms with Crippen LogP contribution in [-0.4, -0.2) is 27.0 Å². The number of allylic oxidation sites excluding steroid dienone is 2. The van der Waals surface area contributed by atoms with Gasteiger partial charge in [-0.1, -0.05) is 54.7 Å². The van der Waals surface area contributed by atoms with Crippen LogP contribution in [0.2, 0.25) is 15.9 Å². The molecule has 250 valence electrons. The average molecular weight is 704 g/mol. The minimum Gasteiger partial charge on any atom is -0.461 e. The second-order valence-electron chi connectivity index (χ2n) is 10.4. The van der Waals surface area contributed by atoms with Crippen LogP contribution in [0.15, 0.2) is 53.6 Å². The second kappa shape index (κ2) is 13.3. The fourth-order valence-electron chi connectivity index (χ4n) is 5.47. The van der Waals surface area contributed by atoms with Gasteiger partial charge in [0, 0.05) is 10.9 Å². The standard InChI is InChI=1S/C25H7BF15O.2C2H5.Al/c27-10-8(11(28)15(32)18(35)14(10)31)26(9-12(29)16(33)19(36)17(34)13(9)30)24(6-7-4-2-1-3-5-7)20(37)22(39)25(41,42)23(40)21(24)38;2*1-2;/h1-5H,6H2;2*1H2,2H3;/q-1;;;+1. The van der Waals surface area contributed by atoms with E-state index in [-0.39, 0.29) is 10.6 Å². The van der Waals surface area contributed by atoms with E-state index in [2.05, 4.69) is 0 Å². The number of rotatable bonds is 9. The zero-order valence-corrected chi connectivity index (χ0v) is 24.9. The summed E-state index contributed by atoms with van der Waals surface area (Å²) in [4.78, 5) is 0. The summed E-state index contributed by atoms with van der Waals surface area (Å²) in [6.45, 7) is -1.35. The highest BCUT2D eigenvalue weighted by Gasteiger charge is 2.65. The van der Waals surface area contributed by atoms with Gasteiger partial charge >= 0.3 is 14.5 Å². The molecule has 1 aliphatic carbocycles. The molecule has 0 saturated heterocycles. The maximum Gasteiger partial charge on any atom is 0.463 e. The van der Waals surface area contributed by atoms with Crippen molar-refractivity contribution in [1.82, 2.24) is 0 Å². The molecule has 0 atom stereocenters. The van der Waals surface area contributed by atoms with E-state index in [0.29, 0.717) is 0 Å². The fraction of sp³-hybridized carbons (Fsp3) is 0.241. The molecular weight excluding hydrogens is 687 g/mol. The lowest BCUT2D eigenvalue weighted by atomic mass is 9.24. The number of benzene rings is 3. The largest absolute Gasteiger partial charge is 0.463 e. The summed E-state index contributed by atoms with van der Waals surface area (Å²) in [6, 6.07) is 5.17. The van der Waals surface area contributed by atoms with E-state index in [1.54, 1.807) is 0 Å². The average Bonchev–Trinajstić information content (AvgIpc) is 3.07. The first-order valence-electron chi connectivity index (χ1n) is 13.5. The molecule has 18 heteroatoms. The molecule has 0 unspecified atom stereocenters. The summed E-state index contributed by atoms with van der Waals surface area (Å²) in [6.07, 6.45) is -1.80. The molecule has 0 aromatic heterocycles. The summed E-state index contributed by atoms with van der Waals surface area (Å²) in [5.74, 6) is -47.1. The Balaban J connectivity index is 2.32. The molecule has 1 aliphatic rings. The third-order valence-corrected chi connectivity index (χ3v) is 10.3. The van der Waals surface area contributed by atoms with Crippen molar-refractivity contribution in [2.75, 3.05) is 0 Å². The van der Waals surface area contributed by atoms with Crippen LogP contribution >= 0.6 is 0 Å². The smallest absolute Gasteiger partial charge is 0.461 e. The van der Waals surface area contributed by atoms with E-state index in [9.17, 15) is 26.3 Å². The van der Waals surface area contributed by atoms with Gasteiger partial charge in [0.05, 0.1) is 5.31 Å². The van der Waals surface area contributed by atoms with Crippen molar-refractivity contribution in [2.45, 2.75) is 42.0 Å². The van der Waals surface area contributed by atoms with E-state index < -0.39 is 137 Å². The highest BCUT2D eigenvalue weighted by Crippen LogP contribution is 2.60. The van der Waals surface area contributed by atoms with Crippen LogP contribution in [0.5, 0.6) is 0 Å². The number of halogens is 15. The summed E-state index contributed by atoms with van der Waals surface area (Å²) >= 11 is -3.07. The maximum absolute atomic E-state index is 16.6. The maximum atomic E-state index is 16.6. The van der Waals surface area contributed by atoms with Crippen LogP contribution in [0.4, 0.5) is 65.9 Å². The zero-order chi connectivity index (χ0) is 35.3. The van der Waals surface area contributed by atoms with E-state index in [0.717, 1.165) is 24.3 Å². The lowest BCUT2D eigenvalue weighted by Crippen LogP contribution is -2.60. The van der Waals surface area contributed by atoms with Crippen molar-refractivity contribution in [1.29, 1.82) is 0 Å². The Morgan fingerprint density at radius 2 is 0.872 bits per heavy atom. The van der Waals surface area contributed by atoms with Gasteiger partial charge in [0.15, 0.2) is 58.2 Å². The Labute approximate surface area is 261 Å². The SMILES string of the molecule is C[CH2][Al]([CH2]C)[O]C1(F)C(F)=C(F)C(Cc2ccccc2)(B(c2c(F)c(F)c(F)c(F)c2F)c2c(F)c(F)c(F)c(F)c2F)C(F)=C1F. The van der Waals surface area contributed by atoms with Crippen molar-refractivity contribution in [3.63, 3.8) is 0 Å². The van der Waals surface area contributed by atoms with Gasteiger partial charge in [0.2, 0.25) is 18.4 Å². The molecule has 0 heterocycles. The topological polar surface area (TPSA) is 9.23 Å². The number of alkyl halides is 1. The predicted molar refractivity (Wildman–Crippen MR) is 140 cm³/mol. The number of hydrogen-bond acceptors (Lipinski definition) is 1. The molecule has 0 saturated carbocycles. The van der Waals surface area contributed by atoms with Crippen LogP contribution < -0.4 is 10.9 Å². The normalized spacial score (nSPS) is 19.9. The Kier molecular flexibility index (Phi) is 10.3. The quantitative estimate of drug-likeness (QED) is 0.0938. The molecular formula is C29H17AlBF15O. The predicted octanol–water partition coefficient (Wildman–Crippen LogP) is 8.70. The van der Waals surface area contributed by atoms with Gasteiger partial charge in [0.1, 0.15) is 11.7 Å². The van der Waals surface area contributed by atoms with E-state index in [1.165, 1.54) is 19.9 Å². The van der Waals surface area contributed by atoms with Crippen LogP contribution in [0.3, 0.4) is 0 Å². The molecule has 47 heavy (non-hydrogen) atoms.